The molecule has 2 amide bonds. The lowest BCUT2D eigenvalue weighted by Crippen LogP contribution is -2.51. The molecule has 1 aromatic rings. The van der Waals surface area contributed by atoms with E-state index in [1.54, 1.807) is 25.4 Å². The zero-order valence-corrected chi connectivity index (χ0v) is 12.3. The Balaban J connectivity index is 2.06. The molecule has 21 heavy (non-hydrogen) atoms. The Bertz CT molecular complexity index is 556. The van der Waals surface area contributed by atoms with Crippen LogP contribution in [0.5, 0.6) is 0 Å². The lowest BCUT2D eigenvalue weighted by molar-refractivity contribution is -0.128. The molecule has 1 aliphatic rings. The minimum Gasteiger partial charge on any atom is -0.355 e. The smallest absolute Gasteiger partial charge is 0.252 e. The van der Waals surface area contributed by atoms with Crippen LogP contribution < -0.4 is 10.6 Å². The Labute approximate surface area is 124 Å². The Kier molecular flexibility index (Phi) is 5.05. The number of aromatic nitrogens is 1. The standard InChI is InChI=1S/C15H20N4O2/c1-11-8-17-5-6-19(11)14(20)4-3-12-7-13(10-18-9-12)15(21)16-2/h3-4,7,9-11,17H,5-6,8H2,1-2H3,(H,16,21)/b4-3+. The number of hydrogen-bond donors (Lipinski definition) is 2. The first-order valence-electron chi connectivity index (χ1n) is 6.98. The van der Waals surface area contributed by atoms with Gasteiger partial charge in [-0.3, -0.25) is 14.6 Å². The number of amides is 2. The van der Waals surface area contributed by atoms with E-state index >= 15 is 0 Å². The van der Waals surface area contributed by atoms with E-state index in [0.29, 0.717) is 12.1 Å². The summed E-state index contributed by atoms with van der Waals surface area (Å²) in [4.78, 5) is 29.6. The summed E-state index contributed by atoms with van der Waals surface area (Å²) in [7, 11) is 1.57. The second-order valence-corrected chi connectivity index (χ2v) is 5.00. The molecule has 1 atom stereocenters. The topological polar surface area (TPSA) is 74.3 Å². The van der Waals surface area contributed by atoms with Gasteiger partial charge in [0.1, 0.15) is 0 Å². The maximum Gasteiger partial charge on any atom is 0.252 e. The average Bonchev–Trinajstić information content (AvgIpc) is 2.52. The Morgan fingerprint density at radius 3 is 3.00 bits per heavy atom. The van der Waals surface area contributed by atoms with E-state index in [9.17, 15) is 9.59 Å². The van der Waals surface area contributed by atoms with Crippen LogP contribution in [0.4, 0.5) is 0 Å². The Morgan fingerprint density at radius 1 is 1.48 bits per heavy atom. The van der Waals surface area contributed by atoms with Crippen LogP contribution in [0.2, 0.25) is 0 Å². The predicted octanol–water partition coefficient (Wildman–Crippen LogP) is 0.275. The van der Waals surface area contributed by atoms with Gasteiger partial charge in [-0.05, 0) is 24.6 Å². The average molecular weight is 288 g/mol. The minimum absolute atomic E-state index is 0.0191. The summed E-state index contributed by atoms with van der Waals surface area (Å²) in [5.74, 6) is -0.214. The third kappa shape index (κ3) is 3.88. The van der Waals surface area contributed by atoms with E-state index in [0.717, 1.165) is 18.7 Å². The Morgan fingerprint density at radius 2 is 2.29 bits per heavy atom. The third-order valence-electron chi connectivity index (χ3n) is 3.45. The van der Waals surface area contributed by atoms with Crippen molar-refractivity contribution in [1.82, 2.24) is 20.5 Å². The van der Waals surface area contributed by atoms with Gasteiger partial charge >= 0.3 is 0 Å². The monoisotopic (exact) mass is 288 g/mol. The molecule has 2 rings (SSSR count). The van der Waals surface area contributed by atoms with Gasteiger partial charge in [0.15, 0.2) is 0 Å². The molecular formula is C15H20N4O2. The fourth-order valence-corrected chi connectivity index (χ4v) is 2.25. The van der Waals surface area contributed by atoms with Gasteiger partial charge in [0.2, 0.25) is 5.91 Å². The van der Waals surface area contributed by atoms with Gasteiger partial charge in [0, 0.05) is 51.2 Å². The molecule has 0 aromatic carbocycles. The van der Waals surface area contributed by atoms with Crippen LogP contribution in [0.15, 0.2) is 24.5 Å². The first-order valence-corrected chi connectivity index (χ1v) is 6.98. The maximum atomic E-state index is 12.2. The zero-order chi connectivity index (χ0) is 15.2. The van der Waals surface area contributed by atoms with Crippen LogP contribution in [-0.2, 0) is 4.79 Å². The fraction of sp³-hybridized carbons (Fsp3) is 0.400. The third-order valence-corrected chi connectivity index (χ3v) is 3.45. The molecule has 0 saturated carbocycles. The van der Waals surface area contributed by atoms with Gasteiger partial charge in [-0.2, -0.15) is 0 Å². The fourth-order valence-electron chi connectivity index (χ4n) is 2.25. The summed E-state index contributed by atoms with van der Waals surface area (Å²) in [5.41, 5.74) is 1.20. The molecule has 2 N–H and O–H groups in total. The summed E-state index contributed by atoms with van der Waals surface area (Å²) in [6.07, 6.45) is 6.34. The van der Waals surface area contributed by atoms with Gasteiger partial charge in [-0.1, -0.05) is 0 Å². The van der Waals surface area contributed by atoms with Gasteiger partial charge < -0.3 is 15.5 Å². The van der Waals surface area contributed by atoms with Crippen LogP contribution in [0.3, 0.4) is 0 Å². The number of pyridine rings is 1. The molecule has 6 nitrogen and oxygen atoms in total. The van der Waals surface area contributed by atoms with Crippen molar-refractivity contribution in [3.05, 3.63) is 35.7 Å². The summed E-state index contributed by atoms with van der Waals surface area (Å²) >= 11 is 0. The molecule has 0 radical (unpaired) electrons. The molecule has 1 saturated heterocycles. The van der Waals surface area contributed by atoms with Crippen molar-refractivity contribution in [2.45, 2.75) is 13.0 Å². The predicted molar refractivity (Wildman–Crippen MR) is 80.7 cm³/mol. The molecule has 0 bridgehead atoms. The first-order chi connectivity index (χ1) is 10.1. The first kappa shape index (κ1) is 15.2. The maximum absolute atomic E-state index is 12.2. The second-order valence-electron chi connectivity index (χ2n) is 5.00. The second kappa shape index (κ2) is 6.99. The Hall–Kier alpha value is -2.21. The lowest BCUT2D eigenvalue weighted by atomic mass is 10.1. The molecule has 1 aliphatic heterocycles. The largest absolute Gasteiger partial charge is 0.355 e. The highest BCUT2D eigenvalue weighted by Gasteiger charge is 2.20. The van der Waals surface area contributed by atoms with Crippen LogP contribution in [0.25, 0.3) is 6.08 Å². The van der Waals surface area contributed by atoms with Crippen LogP contribution >= 0.6 is 0 Å². The van der Waals surface area contributed by atoms with Crippen LogP contribution in [0.1, 0.15) is 22.8 Å². The van der Waals surface area contributed by atoms with E-state index < -0.39 is 0 Å². The summed E-state index contributed by atoms with van der Waals surface area (Å²) in [5, 5.41) is 5.79. The highest BCUT2D eigenvalue weighted by Crippen LogP contribution is 2.08. The molecule has 112 valence electrons. The van der Waals surface area contributed by atoms with Crippen LogP contribution in [0, 0.1) is 0 Å². The highest BCUT2D eigenvalue weighted by atomic mass is 16.2. The molecule has 1 unspecified atom stereocenters. The SMILES string of the molecule is CNC(=O)c1cncc(/C=C/C(=O)N2CCNCC2C)c1. The van der Waals surface area contributed by atoms with Gasteiger partial charge in [-0.15, -0.1) is 0 Å². The number of hydrogen-bond acceptors (Lipinski definition) is 4. The number of piperazine rings is 1. The lowest BCUT2D eigenvalue weighted by Gasteiger charge is -2.33. The molecule has 1 aromatic heterocycles. The van der Waals surface area contributed by atoms with Gasteiger partial charge in [0.05, 0.1) is 5.56 Å². The van der Waals surface area contributed by atoms with Crippen molar-refractivity contribution in [2.75, 3.05) is 26.7 Å². The van der Waals surface area contributed by atoms with E-state index in [1.165, 1.54) is 12.3 Å². The molecule has 0 spiro atoms. The van der Waals surface area contributed by atoms with E-state index in [2.05, 4.69) is 15.6 Å². The number of carbonyl (C=O) groups excluding carboxylic acids is 2. The van der Waals surface area contributed by atoms with Crippen LogP contribution in [-0.4, -0.2) is 54.4 Å². The highest BCUT2D eigenvalue weighted by molar-refractivity contribution is 5.95. The van der Waals surface area contributed by atoms with Crippen molar-refractivity contribution in [1.29, 1.82) is 0 Å². The minimum atomic E-state index is -0.195. The number of carbonyl (C=O) groups is 2. The molecule has 1 fully saturated rings. The molecular weight excluding hydrogens is 268 g/mol. The summed E-state index contributed by atoms with van der Waals surface area (Å²) < 4.78 is 0. The number of rotatable bonds is 3. The number of nitrogens with zero attached hydrogens (tertiary/aromatic N) is 2. The van der Waals surface area contributed by atoms with E-state index in [-0.39, 0.29) is 17.9 Å². The quantitative estimate of drug-likeness (QED) is 0.783. The van der Waals surface area contributed by atoms with E-state index in [4.69, 9.17) is 0 Å². The van der Waals surface area contributed by atoms with Gasteiger partial charge in [-0.25, -0.2) is 0 Å². The summed E-state index contributed by atoms with van der Waals surface area (Å²) in [6, 6.07) is 1.89. The molecule has 0 aliphatic carbocycles. The number of nitrogens with one attached hydrogen (secondary N) is 2. The van der Waals surface area contributed by atoms with Crippen molar-refractivity contribution >= 4 is 17.9 Å². The van der Waals surface area contributed by atoms with E-state index in [1.807, 2.05) is 11.8 Å². The van der Waals surface area contributed by atoms with Crippen molar-refractivity contribution < 1.29 is 9.59 Å². The summed E-state index contributed by atoms with van der Waals surface area (Å²) in [6.45, 7) is 4.36. The van der Waals surface area contributed by atoms with Crippen molar-refractivity contribution in [2.24, 2.45) is 0 Å². The van der Waals surface area contributed by atoms with Gasteiger partial charge in [0.25, 0.3) is 5.91 Å². The molecule has 2 heterocycles. The van der Waals surface area contributed by atoms with Crippen molar-refractivity contribution in [3.63, 3.8) is 0 Å². The zero-order valence-electron chi connectivity index (χ0n) is 12.3. The molecule has 6 heteroatoms. The normalized spacial score (nSPS) is 18.8. The van der Waals surface area contributed by atoms with Crippen molar-refractivity contribution in [3.8, 4) is 0 Å².